The summed E-state index contributed by atoms with van der Waals surface area (Å²) >= 11 is 0. The fourth-order valence-electron chi connectivity index (χ4n) is 9.69. The predicted molar refractivity (Wildman–Crippen MR) is 256 cm³/mol. The van der Waals surface area contributed by atoms with Gasteiger partial charge >= 0.3 is 0 Å². The predicted octanol–water partition coefficient (Wildman–Crippen LogP) is 14.3. The summed E-state index contributed by atoms with van der Waals surface area (Å²) in [5.41, 5.74) is 16.0. The van der Waals surface area contributed by atoms with Gasteiger partial charge in [-0.3, -0.25) is 0 Å². The van der Waals surface area contributed by atoms with Gasteiger partial charge in [0.25, 0.3) is 0 Å². The van der Waals surface area contributed by atoms with Gasteiger partial charge in [-0.2, -0.15) is 0 Å². The number of aliphatic imine (C=N–C) groups is 2. The van der Waals surface area contributed by atoms with Gasteiger partial charge in [0.1, 0.15) is 22.8 Å². The summed E-state index contributed by atoms with van der Waals surface area (Å²) in [7, 11) is 0. The van der Waals surface area contributed by atoms with Crippen LogP contribution in [-0.2, 0) is 6.42 Å². The minimum Gasteiger partial charge on any atom is -0.456 e. The number of furan rings is 1. The summed E-state index contributed by atoms with van der Waals surface area (Å²) in [6, 6.07) is 73.9. The maximum Gasteiger partial charge on any atom is 0.169 e. The smallest absolute Gasteiger partial charge is 0.169 e. The number of nitrogens with one attached hydrogen (secondary N) is 1. The van der Waals surface area contributed by atoms with E-state index in [0.717, 1.165) is 74.3 Å². The number of rotatable bonds is 6. The van der Waals surface area contributed by atoms with Crippen LogP contribution in [0.1, 0.15) is 51.9 Å². The van der Waals surface area contributed by atoms with Crippen LogP contribution in [0.25, 0.3) is 66.1 Å². The summed E-state index contributed by atoms with van der Waals surface area (Å²) in [6.07, 6.45) is 1.45. The number of amidine groups is 2. The van der Waals surface area contributed by atoms with Crippen molar-refractivity contribution in [2.24, 2.45) is 9.98 Å². The normalized spacial score (nSPS) is 15.9. The summed E-state index contributed by atoms with van der Waals surface area (Å²) in [5, 5.41) is 8.57. The molecule has 62 heavy (non-hydrogen) atoms. The number of aryl methyl sites for hydroxylation is 1. The highest BCUT2D eigenvalue weighted by molar-refractivity contribution is 6.18. The van der Waals surface area contributed by atoms with Crippen molar-refractivity contribution in [3.63, 3.8) is 0 Å². The SMILES string of the molecule is c1ccc(-c2ccc(C3=NC(c4ccc(-c5ccccc5)cc4)N=C(c4cc([C@@H]5CCc6cc7ccccc7cc6-c6ccccc65)c5c(c4)oc4ccccc45)N3)cc2)cc1. The first-order valence-electron chi connectivity index (χ1n) is 21.5. The van der Waals surface area contributed by atoms with Gasteiger partial charge in [-0.15, -0.1) is 0 Å². The third kappa shape index (κ3) is 6.40. The van der Waals surface area contributed by atoms with Crippen molar-refractivity contribution in [3.8, 4) is 33.4 Å². The Kier molecular flexibility index (Phi) is 8.74. The molecule has 9 aromatic carbocycles. The Bertz CT molecular complexity index is 3360. The van der Waals surface area contributed by atoms with Crippen molar-refractivity contribution in [1.29, 1.82) is 0 Å². The zero-order valence-electron chi connectivity index (χ0n) is 34.0. The molecule has 1 N–H and O–H groups in total. The highest BCUT2D eigenvalue weighted by Gasteiger charge is 2.29. The fourth-order valence-corrected chi connectivity index (χ4v) is 9.69. The molecule has 4 nitrogen and oxygen atoms in total. The van der Waals surface area contributed by atoms with Gasteiger partial charge < -0.3 is 9.73 Å². The molecule has 1 unspecified atom stereocenters. The van der Waals surface area contributed by atoms with Gasteiger partial charge in [0, 0.05) is 27.8 Å². The summed E-state index contributed by atoms with van der Waals surface area (Å²) < 4.78 is 6.77. The zero-order chi connectivity index (χ0) is 41.0. The third-order valence-corrected chi connectivity index (χ3v) is 12.8. The Morgan fingerprint density at radius 1 is 0.435 bits per heavy atom. The van der Waals surface area contributed by atoms with Crippen molar-refractivity contribution in [1.82, 2.24) is 5.32 Å². The molecule has 0 spiro atoms. The van der Waals surface area contributed by atoms with E-state index in [4.69, 9.17) is 14.4 Å². The fraction of sp³-hybridized carbons (Fsp3) is 0.0690. The first kappa shape index (κ1) is 36.1. The number of hydrogen-bond acceptors (Lipinski definition) is 4. The molecule has 0 radical (unpaired) electrons. The summed E-state index contributed by atoms with van der Waals surface area (Å²) in [5.74, 6) is 1.65. The van der Waals surface area contributed by atoms with Crippen LogP contribution in [0.4, 0.5) is 0 Å². The van der Waals surface area contributed by atoms with Crippen molar-refractivity contribution >= 4 is 44.4 Å². The van der Waals surface area contributed by atoms with Crippen LogP contribution in [0.2, 0.25) is 0 Å². The molecule has 1 aliphatic carbocycles. The number of fused-ring (bicyclic) bond motifs is 7. The zero-order valence-corrected chi connectivity index (χ0v) is 34.0. The second-order valence-corrected chi connectivity index (χ2v) is 16.5. The Labute approximate surface area is 360 Å². The minimum atomic E-state index is -0.461. The molecule has 0 fully saturated rings. The maximum absolute atomic E-state index is 6.77. The first-order chi connectivity index (χ1) is 30.7. The molecule has 0 saturated heterocycles. The molecule has 4 heteroatoms. The van der Waals surface area contributed by atoms with E-state index in [1.54, 1.807) is 0 Å². The topological polar surface area (TPSA) is 49.9 Å². The maximum atomic E-state index is 6.77. The Morgan fingerprint density at radius 3 is 1.76 bits per heavy atom. The Hall–Kier alpha value is -7.82. The van der Waals surface area contributed by atoms with E-state index in [2.05, 4.69) is 212 Å². The van der Waals surface area contributed by atoms with Gasteiger partial charge in [-0.05, 0) is 104 Å². The van der Waals surface area contributed by atoms with Gasteiger partial charge in [-0.1, -0.05) is 182 Å². The standard InChI is InChI=1S/C58H41N3O/c1-3-13-37(14-4-1)39-23-27-41(28-24-39)56-59-57(42-29-25-40(26-30-42)38-15-5-2-6-16-38)61-58(60-56)46-35-52(55-50-21-11-12-22-53(50)62-54(55)36-46)49-32-31-45-33-43-17-7-8-18-44(43)34-51(45)48-20-10-9-19-47(48)49/h1-30,33-36,49,56H,31-32H2,(H,59,60,61)/t49-,56?/m1/s1. The number of benzene rings is 9. The van der Waals surface area contributed by atoms with Crippen LogP contribution in [0.15, 0.2) is 221 Å². The molecule has 2 heterocycles. The van der Waals surface area contributed by atoms with Gasteiger partial charge in [-0.25, -0.2) is 9.98 Å². The van der Waals surface area contributed by atoms with Crippen LogP contribution in [0.5, 0.6) is 0 Å². The Morgan fingerprint density at radius 2 is 1.02 bits per heavy atom. The summed E-state index contributed by atoms with van der Waals surface area (Å²) in [4.78, 5) is 10.7. The molecule has 1 aliphatic heterocycles. The van der Waals surface area contributed by atoms with E-state index in [-0.39, 0.29) is 5.92 Å². The van der Waals surface area contributed by atoms with Gasteiger partial charge in [0.05, 0.1) is 0 Å². The number of hydrogen-bond donors (Lipinski definition) is 1. The lowest BCUT2D eigenvalue weighted by Gasteiger charge is -2.24. The van der Waals surface area contributed by atoms with E-state index in [1.807, 2.05) is 0 Å². The van der Waals surface area contributed by atoms with Crippen LogP contribution in [0.3, 0.4) is 0 Å². The molecular weight excluding hydrogens is 755 g/mol. The highest BCUT2D eigenvalue weighted by Crippen LogP contribution is 2.46. The van der Waals surface area contributed by atoms with Crippen molar-refractivity contribution in [2.45, 2.75) is 24.9 Å². The van der Waals surface area contributed by atoms with E-state index < -0.39 is 6.17 Å². The molecule has 1 aromatic heterocycles. The molecule has 10 aromatic rings. The monoisotopic (exact) mass is 795 g/mol. The molecular formula is C58H41N3O. The van der Waals surface area contributed by atoms with Crippen molar-refractivity contribution < 1.29 is 4.42 Å². The van der Waals surface area contributed by atoms with E-state index in [1.165, 1.54) is 49.7 Å². The molecule has 2 aliphatic rings. The minimum absolute atomic E-state index is 0.106. The van der Waals surface area contributed by atoms with Crippen LogP contribution >= 0.6 is 0 Å². The lowest BCUT2D eigenvalue weighted by Crippen LogP contribution is -2.36. The number of nitrogens with zero attached hydrogens (tertiary/aromatic N) is 2. The van der Waals surface area contributed by atoms with Crippen LogP contribution < -0.4 is 5.32 Å². The molecule has 0 amide bonds. The summed E-state index contributed by atoms with van der Waals surface area (Å²) in [6.45, 7) is 0. The molecule has 0 bridgehead atoms. The van der Waals surface area contributed by atoms with Crippen LogP contribution in [0, 0.1) is 0 Å². The lowest BCUT2D eigenvalue weighted by atomic mass is 9.83. The molecule has 12 rings (SSSR count). The average molecular weight is 796 g/mol. The average Bonchev–Trinajstić information content (AvgIpc) is 3.65. The quantitative estimate of drug-likeness (QED) is 0.182. The van der Waals surface area contributed by atoms with E-state index in [0.29, 0.717) is 0 Å². The highest BCUT2D eigenvalue weighted by atomic mass is 16.3. The second-order valence-electron chi connectivity index (χ2n) is 16.5. The number of para-hydroxylation sites is 1. The van der Waals surface area contributed by atoms with Crippen molar-refractivity contribution in [3.05, 3.63) is 240 Å². The lowest BCUT2D eigenvalue weighted by molar-refractivity contribution is 0.667. The Balaban J connectivity index is 1.01. The first-order valence-corrected chi connectivity index (χ1v) is 21.5. The molecule has 2 atom stereocenters. The van der Waals surface area contributed by atoms with Crippen molar-refractivity contribution in [2.75, 3.05) is 0 Å². The molecule has 294 valence electrons. The molecule has 0 saturated carbocycles. The van der Waals surface area contributed by atoms with E-state index in [9.17, 15) is 0 Å². The van der Waals surface area contributed by atoms with Gasteiger partial charge in [0.2, 0.25) is 0 Å². The second kappa shape index (κ2) is 15.0. The van der Waals surface area contributed by atoms with Crippen LogP contribution in [-0.4, -0.2) is 11.7 Å². The third-order valence-electron chi connectivity index (χ3n) is 12.8. The van der Waals surface area contributed by atoms with Gasteiger partial charge in [0.15, 0.2) is 6.17 Å². The largest absolute Gasteiger partial charge is 0.456 e. The van der Waals surface area contributed by atoms with E-state index >= 15 is 0 Å².